The summed E-state index contributed by atoms with van der Waals surface area (Å²) in [6.45, 7) is 3.77. The third-order valence-electron chi connectivity index (χ3n) is 1.90. The highest BCUT2D eigenvalue weighted by Crippen LogP contribution is 1.93. The molecule has 16 heavy (non-hydrogen) atoms. The van der Waals surface area contributed by atoms with Crippen molar-refractivity contribution in [1.29, 1.82) is 0 Å². The maximum absolute atomic E-state index is 10.6. The molecule has 0 fully saturated rings. The molecule has 0 atom stereocenters. The van der Waals surface area contributed by atoms with Gasteiger partial charge in [0.2, 0.25) is 0 Å². The minimum Gasteiger partial charge on any atom is -0.300 e. The zero-order chi connectivity index (χ0) is 12.1. The molecular formula is C15H22O. The number of ketones is 1. The van der Waals surface area contributed by atoms with Gasteiger partial charge in [-0.3, -0.25) is 4.79 Å². The number of carbonyl (C=O) groups is 1. The topological polar surface area (TPSA) is 17.1 Å². The van der Waals surface area contributed by atoms with Crippen LogP contribution in [-0.4, -0.2) is 5.78 Å². The van der Waals surface area contributed by atoms with Gasteiger partial charge >= 0.3 is 0 Å². The number of allylic oxidation sites excluding steroid dienone is 8. The van der Waals surface area contributed by atoms with Crippen LogP contribution in [0.15, 0.2) is 48.6 Å². The van der Waals surface area contributed by atoms with E-state index in [1.165, 1.54) is 6.42 Å². The molecule has 0 aliphatic heterocycles. The Bertz CT molecular complexity index is 280. The summed E-state index contributed by atoms with van der Waals surface area (Å²) in [5, 5.41) is 0. The number of rotatable bonds is 8. The Morgan fingerprint density at radius 1 is 0.938 bits per heavy atom. The van der Waals surface area contributed by atoms with Gasteiger partial charge in [0.15, 0.2) is 0 Å². The number of hydrogen-bond donors (Lipinski definition) is 0. The minimum absolute atomic E-state index is 0.196. The molecule has 0 unspecified atom stereocenters. The molecule has 0 aromatic heterocycles. The molecule has 0 aromatic rings. The third kappa shape index (κ3) is 12.6. The largest absolute Gasteiger partial charge is 0.300 e. The molecular weight excluding hydrogens is 196 g/mol. The lowest BCUT2D eigenvalue weighted by Gasteiger charge is -1.83. The molecule has 0 bridgehead atoms. The first-order valence-corrected chi connectivity index (χ1v) is 5.90. The summed E-state index contributed by atoms with van der Waals surface area (Å²) in [6.07, 6.45) is 20.1. The van der Waals surface area contributed by atoms with Crippen LogP contribution in [0, 0.1) is 0 Å². The van der Waals surface area contributed by atoms with Crippen LogP contribution in [0.3, 0.4) is 0 Å². The van der Waals surface area contributed by atoms with Crippen LogP contribution in [-0.2, 0) is 4.79 Å². The summed E-state index contributed by atoms with van der Waals surface area (Å²) in [5.74, 6) is 0.196. The van der Waals surface area contributed by atoms with Gasteiger partial charge in [0.1, 0.15) is 5.78 Å². The van der Waals surface area contributed by atoms with E-state index in [0.29, 0.717) is 6.42 Å². The molecule has 0 aromatic carbocycles. The van der Waals surface area contributed by atoms with Crippen LogP contribution in [0.4, 0.5) is 0 Å². The summed E-state index contributed by atoms with van der Waals surface area (Å²) < 4.78 is 0. The van der Waals surface area contributed by atoms with E-state index in [2.05, 4.69) is 25.2 Å². The summed E-state index contributed by atoms with van der Waals surface area (Å²) in [6, 6.07) is 0. The Hall–Kier alpha value is -1.37. The first-order chi connectivity index (χ1) is 7.77. The second-order valence-electron chi connectivity index (χ2n) is 3.64. The van der Waals surface area contributed by atoms with Crippen molar-refractivity contribution in [2.45, 2.75) is 39.5 Å². The highest BCUT2D eigenvalue weighted by Gasteiger charge is 1.82. The highest BCUT2D eigenvalue weighted by molar-refractivity contribution is 5.77. The first kappa shape index (κ1) is 14.6. The predicted octanol–water partition coefficient (Wildman–Crippen LogP) is 4.38. The molecule has 1 nitrogen and oxygen atoms in total. The molecule has 0 N–H and O–H groups in total. The van der Waals surface area contributed by atoms with Crippen molar-refractivity contribution < 1.29 is 4.79 Å². The molecule has 0 aliphatic carbocycles. The van der Waals surface area contributed by atoms with Gasteiger partial charge < -0.3 is 0 Å². The molecule has 0 heterocycles. The molecule has 0 saturated heterocycles. The molecule has 0 amide bonds. The number of hydrogen-bond acceptors (Lipinski definition) is 1. The van der Waals surface area contributed by atoms with Gasteiger partial charge in [-0.25, -0.2) is 0 Å². The molecule has 88 valence electrons. The van der Waals surface area contributed by atoms with E-state index in [4.69, 9.17) is 0 Å². The Morgan fingerprint density at radius 3 is 2.25 bits per heavy atom. The summed E-state index contributed by atoms with van der Waals surface area (Å²) in [7, 11) is 0. The van der Waals surface area contributed by atoms with Crippen molar-refractivity contribution in [2.75, 3.05) is 0 Å². The smallest absolute Gasteiger partial charge is 0.133 e. The van der Waals surface area contributed by atoms with E-state index in [1.807, 2.05) is 30.4 Å². The average molecular weight is 218 g/mol. The first-order valence-electron chi connectivity index (χ1n) is 5.90. The van der Waals surface area contributed by atoms with Crippen LogP contribution in [0.5, 0.6) is 0 Å². The van der Waals surface area contributed by atoms with Gasteiger partial charge in [-0.1, -0.05) is 62.0 Å². The standard InChI is InChI=1S/C15H22O/c1-3-4-5-6-7-8-9-10-11-12-13-14-15(2)16/h5-6,8-13H,3-4,7,14H2,1-2H3/b6-5+,9-8+,11-10+,13-12+. The maximum atomic E-state index is 10.6. The van der Waals surface area contributed by atoms with Crippen molar-refractivity contribution >= 4 is 5.78 Å². The van der Waals surface area contributed by atoms with Crippen LogP contribution in [0.1, 0.15) is 39.5 Å². The fraction of sp³-hybridized carbons (Fsp3) is 0.400. The van der Waals surface area contributed by atoms with Gasteiger partial charge in [-0.15, -0.1) is 0 Å². The van der Waals surface area contributed by atoms with Crippen LogP contribution in [0.25, 0.3) is 0 Å². The molecule has 0 spiro atoms. The second-order valence-corrected chi connectivity index (χ2v) is 3.64. The third-order valence-corrected chi connectivity index (χ3v) is 1.90. The average Bonchev–Trinajstić information content (AvgIpc) is 2.25. The summed E-state index contributed by atoms with van der Waals surface area (Å²) >= 11 is 0. The maximum Gasteiger partial charge on any atom is 0.133 e. The molecule has 0 saturated carbocycles. The number of Topliss-reactive ketones (excluding diaryl/α,β-unsaturated/α-hetero) is 1. The van der Waals surface area contributed by atoms with E-state index in [1.54, 1.807) is 6.92 Å². The van der Waals surface area contributed by atoms with Crippen molar-refractivity contribution in [3.63, 3.8) is 0 Å². The van der Waals surface area contributed by atoms with Gasteiger partial charge in [0.25, 0.3) is 0 Å². The van der Waals surface area contributed by atoms with Gasteiger partial charge in [-0.05, 0) is 19.8 Å². The lowest BCUT2D eigenvalue weighted by molar-refractivity contribution is -0.116. The van der Waals surface area contributed by atoms with Crippen LogP contribution in [0.2, 0.25) is 0 Å². The van der Waals surface area contributed by atoms with E-state index < -0.39 is 0 Å². The zero-order valence-electron chi connectivity index (χ0n) is 10.4. The van der Waals surface area contributed by atoms with Gasteiger partial charge in [0, 0.05) is 6.42 Å². The SMILES string of the molecule is CCC/C=C/C/C=C/C=C/C=C/CC(C)=O. The number of carbonyl (C=O) groups excluding carboxylic acids is 1. The molecule has 0 aliphatic rings. The Kier molecular flexibility index (Phi) is 10.7. The van der Waals surface area contributed by atoms with Crippen LogP contribution >= 0.6 is 0 Å². The number of unbranched alkanes of at least 4 members (excludes halogenated alkanes) is 1. The van der Waals surface area contributed by atoms with Crippen molar-refractivity contribution in [2.24, 2.45) is 0 Å². The minimum atomic E-state index is 0.196. The predicted molar refractivity (Wildman–Crippen MR) is 71.4 cm³/mol. The monoisotopic (exact) mass is 218 g/mol. The van der Waals surface area contributed by atoms with E-state index in [9.17, 15) is 4.79 Å². The Morgan fingerprint density at radius 2 is 1.62 bits per heavy atom. The fourth-order valence-corrected chi connectivity index (χ4v) is 1.06. The van der Waals surface area contributed by atoms with Crippen LogP contribution < -0.4 is 0 Å². The lowest BCUT2D eigenvalue weighted by atomic mass is 10.2. The van der Waals surface area contributed by atoms with E-state index in [-0.39, 0.29) is 5.78 Å². The fourth-order valence-electron chi connectivity index (χ4n) is 1.06. The Balaban J connectivity index is 3.55. The molecule has 0 rings (SSSR count). The Labute approximate surface area is 99.3 Å². The second kappa shape index (κ2) is 11.7. The summed E-state index contributed by atoms with van der Waals surface area (Å²) in [4.78, 5) is 10.6. The van der Waals surface area contributed by atoms with Gasteiger partial charge in [0.05, 0.1) is 0 Å². The normalized spacial score (nSPS) is 12.6. The van der Waals surface area contributed by atoms with Gasteiger partial charge in [-0.2, -0.15) is 0 Å². The quantitative estimate of drug-likeness (QED) is 0.436. The lowest BCUT2D eigenvalue weighted by Crippen LogP contribution is -1.82. The van der Waals surface area contributed by atoms with Crippen molar-refractivity contribution in [1.82, 2.24) is 0 Å². The van der Waals surface area contributed by atoms with Crippen molar-refractivity contribution in [3.05, 3.63) is 48.6 Å². The molecule has 0 radical (unpaired) electrons. The zero-order valence-corrected chi connectivity index (χ0v) is 10.4. The van der Waals surface area contributed by atoms with E-state index >= 15 is 0 Å². The van der Waals surface area contributed by atoms with Crippen molar-refractivity contribution in [3.8, 4) is 0 Å². The van der Waals surface area contributed by atoms with E-state index in [0.717, 1.165) is 12.8 Å². The highest BCUT2D eigenvalue weighted by atomic mass is 16.1. The summed E-state index contributed by atoms with van der Waals surface area (Å²) in [5.41, 5.74) is 0. The molecule has 1 heteroatoms.